The molecule has 4 heteroatoms. The van der Waals surface area contributed by atoms with Crippen molar-refractivity contribution in [1.82, 2.24) is 10.3 Å². The number of nitrogens with one attached hydrogen (secondary N) is 1. The third-order valence-electron chi connectivity index (χ3n) is 3.39. The Kier molecular flexibility index (Phi) is 6.02. The van der Waals surface area contributed by atoms with Gasteiger partial charge in [-0.2, -0.15) is 0 Å². The monoisotopic (exact) mass is 352 g/mol. The van der Waals surface area contributed by atoms with E-state index in [1.807, 2.05) is 31.4 Å². The zero-order valence-electron chi connectivity index (χ0n) is 11.4. The summed E-state index contributed by atoms with van der Waals surface area (Å²) in [5.41, 5.74) is 2.45. The topological polar surface area (TPSA) is 24.9 Å². The van der Waals surface area contributed by atoms with Crippen LogP contribution in [-0.2, 0) is 12.8 Å². The third kappa shape index (κ3) is 4.58. The summed E-state index contributed by atoms with van der Waals surface area (Å²) in [4.78, 5) is 4.15. The fourth-order valence-electron chi connectivity index (χ4n) is 2.19. The van der Waals surface area contributed by atoms with Crippen molar-refractivity contribution >= 4 is 27.5 Å². The minimum absolute atomic E-state index is 0.411. The highest BCUT2D eigenvalue weighted by atomic mass is 79.9. The molecule has 0 fully saturated rings. The van der Waals surface area contributed by atoms with E-state index in [2.05, 4.69) is 38.4 Å². The quantitative estimate of drug-likeness (QED) is 0.839. The number of aromatic nitrogens is 1. The molecule has 0 saturated carbocycles. The molecule has 0 bridgehead atoms. The van der Waals surface area contributed by atoms with Crippen molar-refractivity contribution in [3.05, 3.63) is 63.3 Å². The molecule has 0 amide bonds. The van der Waals surface area contributed by atoms with Gasteiger partial charge in [-0.25, -0.2) is 0 Å². The van der Waals surface area contributed by atoms with Crippen LogP contribution >= 0.6 is 27.5 Å². The number of pyridine rings is 1. The van der Waals surface area contributed by atoms with E-state index in [1.54, 1.807) is 6.20 Å². The molecule has 0 spiro atoms. The molecular formula is C16H18BrClN2. The van der Waals surface area contributed by atoms with Gasteiger partial charge in [0, 0.05) is 27.9 Å². The zero-order chi connectivity index (χ0) is 14.4. The highest BCUT2D eigenvalue weighted by Gasteiger charge is 2.10. The fourth-order valence-corrected chi connectivity index (χ4v) is 2.94. The Bertz CT molecular complexity index is 545. The number of rotatable bonds is 6. The Hall–Kier alpha value is -0.900. The van der Waals surface area contributed by atoms with Crippen molar-refractivity contribution in [2.24, 2.45) is 0 Å². The van der Waals surface area contributed by atoms with Crippen LogP contribution in [0.5, 0.6) is 0 Å². The molecule has 1 heterocycles. The molecule has 0 radical (unpaired) electrons. The summed E-state index contributed by atoms with van der Waals surface area (Å²) in [5, 5.41) is 4.19. The van der Waals surface area contributed by atoms with Gasteiger partial charge in [0.2, 0.25) is 0 Å². The van der Waals surface area contributed by atoms with Crippen molar-refractivity contribution in [1.29, 1.82) is 0 Å². The molecule has 0 saturated heterocycles. The van der Waals surface area contributed by atoms with E-state index in [4.69, 9.17) is 11.6 Å². The molecule has 1 atom stereocenters. The number of benzene rings is 1. The van der Waals surface area contributed by atoms with Crippen molar-refractivity contribution in [3.8, 4) is 0 Å². The maximum atomic E-state index is 6.28. The number of nitrogens with zero attached hydrogens (tertiary/aromatic N) is 1. The van der Waals surface area contributed by atoms with E-state index in [9.17, 15) is 0 Å². The zero-order valence-corrected chi connectivity index (χ0v) is 13.8. The van der Waals surface area contributed by atoms with E-state index in [0.29, 0.717) is 6.04 Å². The maximum absolute atomic E-state index is 6.28. The molecule has 0 aliphatic heterocycles. The summed E-state index contributed by atoms with van der Waals surface area (Å²) in [6.45, 7) is 0. The fraction of sp³-hybridized carbons (Fsp3) is 0.312. The van der Waals surface area contributed by atoms with Crippen molar-refractivity contribution < 1.29 is 0 Å². The third-order valence-corrected chi connectivity index (χ3v) is 4.24. The van der Waals surface area contributed by atoms with Gasteiger partial charge in [0.15, 0.2) is 0 Å². The first kappa shape index (κ1) is 15.5. The molecule has 2 nitrogen and oxygen atoms in total. The smallest absolute Gasteiger partial charge is 0.0449 e. The van der Waals surface area contributed by atoms with Gasteiger partial charge < -0.3 is 5.32 Å². The van der Waals surface area contributed by atoms with E-state index < -0.39 is 0 Å². The summed E-state index contributed by atoms with van der Waals surface area (Å²) in [6, 6.07) is 10.6. The van der Waals surface area contributed by atoms with Gasteiger partial charge in [-0.3, -0.25) is 4.98 Å². The molecule has 0 aliphatic carbocycles. The summed E-state index contributed by atoms with van der Waals surface area (Å²) in [7, 11) is 2.00. The molecule has 1 unspecified atom stereocenters. The molecule has 1 N–H and O–H groups in total. The van der Waals surface area contributed by atoms with Crippen LogP contribution in [0.25, 0.3) is 0 Å². The molecule has 20 heavy (non-hydrogen) atoms. The lowest BCUT2D eigenvalue weighted by Gasteiger charge is -2.17. The summed E-state index contributed by atoms with van der Waals surface area (Å²) in [5.74, 6) is 0. The first-order valence-electron chi connectivity index (χ1n) is 6.69. The number of halogens is 2. The van der Waals surface area contributed by atoms with Gasteiger partial charge >= 0.3 is 0 Å². The second kappa shape index (κ2) is 7.77. The van der Waals surface area contributed by atoms with Crippen molar-refractivity contribution in [2.75, 3.05) is 7.05 Å². The SMILES string of the molecule is CNC(CCc1cccnc1)Cc1ccc(Br)cc1Cl. The summed E-state index contributed by atoms with van der Waals surface area (Å²) < 4.78 is 1.02. The molecule has 2 rings (SSSR count). The Labute approximate surface area is 133 Å². The standard InChI is InChI=1S/C16H18BrClN2/c1-19-15(7-4-12-3-2-8-20-11-12)9-13-5-6-14(17)10-16(13)18/h2-3,5-6,8,10-11,15,19H,4,7,9H2,1H3. The average Bonchev–Trinajstić information content (AvgIpc) is 2.46. The van der Waals surface area contributed by atoms with E-state index in [-0.39, 0.29) is 0 Å². The summed E-state index contributed by atoms with van der Waals surface area (Å²) >= 11 is 9.71. The van der Waals surface area contributed by atoms with Gasteiger partial charge in [0.05, 0.1) is 0 Å². The molecule has 106 valence electrons. The van der Waals surface area contributed by atoms with Gasteiger partial charge in [0.1, 0.15) is 0 Å². The lowest BCUT2D eigenvalue weighted by Crippen LogP contribution is -2.28. The van der Waals surface area contributed by atoms with Crippen molar-refractivity contribution in [3.63, 3.8) is 0 Å². The van der Waals surface area contributed by atoms with Gasteiger partial charge in [-0.15, -0.1) is 0 Å². The van der Waals surface area contributed by atoms with Crippen LogP contribution in [0, 0.1) is 0 Å². The second-order valence-electron chi connectivity index (χ2n) is 4.83. The van der Waals surface area contributed by atoms with Crippen LogP contribution in [0.1, 0.15) is 17.5 Å². The van der Waals surface area contributed by atoms with Crippen LogP contribution in [-0.4, -0.2) is 18.1 Å². The highest BCUT2D eigenvalue weighted by molar-refractivity contribution is 9.10. The van der Waals surface area contributed by atoms with Crippen LogP contribution in [0.4, 0.5) is 0 Å². The Morgan fingerprint density at radius 2 is 2.20 bits per heavy atom. The average molecular weight is 354 g/mol. The van der Waals surface area contributed by atoms with Gasteiger partial charge in [0.25, 0.3) is 0 Å². The molecule has 0 aliphatic rings. The predicted molar refractivity (Wildman–Crippen MR) is 88.3 cm³/mol. The lowest BCUT2D eigenvalue weighted by atomic mass is 10.00. The van der Waals surface area contributed by atoms with Crippen LogP contribution in [0.15, 0.2) is 47.2 Å². The largest absolute Gasteiger partial charge is 0.317 e. The van der Waals surface area contributed by atoms with Gasteiger partial charge in [-0.1, -0.05) is 39.7 Å². The second-order valence-corrected chi connectivity index (χ2v) is 6.15. The van der Waals surface area contributed by atoms with Crippen molar-refractivity contribution in [2.45, 2.75) is 25.3 Å². The lowest BCUT2D eigenvalue weighted by molar-refractivity contribution is 0.520. The molecule has 2 aromatic rings. The van der Waals surface area contributed by atoms with E-state index in [1.165, 1.54) is 11.1 Å². The van der Waals surface area contributed by atoms with Crippen LogP contribution < -0.4 is 5.32 Å². The van der Waals surface area contributed by atoms with E-state index in [0.717, 1.165) is 28.8 Å². The molecule has 1 aromatic heterocycles. The molecular weight excluding hydrogens is 336 g/mol. The Morgan fingerprint density at radius 3 is 2.85 bits per heavy atom. The first-order valence-corrected chi connectivity index (χ1v) is 7.86. The normalized spacial score (nSPS) is 12.3. The maximum Gasteiger partial charge on any atom is 0.0449 e. The van der Waals surface area contributed by atoms with E-state index >= 15 is 0 Å². The molecule has 1 aromatic carbocycles. The minimum Gasteiger partial charge on any atom is -0.317 e. The Morgan fingerprint density at radius 1 is 1.35 bits per heavy atom. The number of hydrogen-bond donors (Lipinski definition) is 1. The predicted octanol–water partition coefficient (Wildman–Crippen LogP) is 4.26. The Balaban J connectivity index is 1.95. The van der Waals surface area contributed by atoms with Crippen LogP contribution in [0.2, 0.25) is 5.02 Å². The number of hydrogen-bond acceptors (Lipinski definition) is 2. The minimum atomic E-state index is 0.411. The highest BCUT2D eigenvalue weighted by Crippen LogP contribution is 2.23. The van der Waals surface area contributed by atoms with Gasteiger partial charge in [-0.05, 0) is 55.6 Å². The number of aryl methyl sites for hydroxylation is 1. The number of likely N-dealkylation sites (N-methyl/N-ethyl adjacent to an activating group) is 1. The summed E-state index contributed by atoms with van der Waals surface area (Å²) in [6.07, 6.45) is 6.75. The first-order chi connectivity index (χ1) is 9.69. The van der Waals surface area contributed by atoms with Crippen LogP contribution in [0.3, 0.4) is 0 Å².